The molecule has 0 radical (unpaired) electrons. The number of para-hydroxylation sites is 1. The number of benzene rings is 2. The van der Waals surface area contributed by atoms with Gasteiger partial charge in [0.15, 0.2) is 0 Å². The first-order valence-corrected chi connectivity index (χ1v) is 10.4. The van der Waals surface area contributed by atoms with Gasteiger partial charge in [-0.05, 0) is 61.3 Å². The molecule has 0 spiro atoms. The van der Waals surface area contributed by atoms with Crippen LogP contribution in [0, 0.1) is 0 Å². The van der Waals surface area contributed by atoms with E-state index in [-0.39, 0.29) is 0 Å². The topological polar surface area (TPSA) is 37.5 Å². The van der Waals surface area contributed by atoms with Crippen LogP contribution in [-0.4, -0.2) is 42.2 Å². The number of aromatic nitrogens is 1. The van der Waals surface area contributed by atoms with Crippen molar-refractivity contribution >= 4 is 10.9 Å². The molecule has 0 unspecified atom stereocenters. The zero-order chi connectivity index (χ0) is 18.9. The highest BCUT2D eigenvalue weighted by Crippen LogP contribution is 2.37. The molecule has 0 bridgehead atoms. The second-order valence-electron chi connectivity index (χ2n) is 8.19. The number of hydrogen-bond donors (Lipinski definition) is 1. The summed E-state index contributed by atoms with van der Waals surface area (Å²) in [6.07, 6.45) is 5.42. The molecular weight excluding hydrogens is 348 g/mol. The molecule has 4 nitrogen and oxygen atoms in total. The molecule has 146 valence electrons. The van der Waals surface area contributed by atoms with Gasteiger partial charge in [-0.1, -0.05) is 24.3 Å². The van der Waals surface area contributed by atoms with Gasteiger partial charge in [0.2, 0.25) is 0 Å². The molecule has 1 aromatic heterocycles. The predicted molar refractivity (Wildman–Crippen MR) is 112 cm³/mol. The highest BCUT2D eigenvalue weighted by molar-refractivity contribution is 5.80. The van der Waals surface area contributed by atoms with Crippen molar-refractivity contribution in [3.05, 3.63) is 60.3 Å². The molecule has 2 fully saturated rings. The first-order chi connectivity index (χ1) is 13.8. The van der Waals surface area contributed by atoms with Crippen molar-refractivity contribution in [3.8, 4) is 11.5 Å². The van der Waals surface area contributed by atoms with Gasteiger partial charge in [-0.25, -0.2) is 0 Å². The number of ether oxygens (including phenoxy) is 2. The molecule has 5 rings (SSSR count). The van der Waals surface area contributed by atoms with E-state index in [9.17, 15) is 0 Å². The first kappa shape index (κ1) is 17.6. The summed E-state index contributed by atoms with van der Waals surface area (Å²) in [5.74, 6) is 2.43. The lowest BCUT2D eigenvalue weighted by atomic mass is 9.82. The maximum atomic E-state index is 6.11. The third-order valence-corrected chi connectivity index (χ3v) is 6.42. The molecule has 1 aliphatic carbocycles. The summed E-state index contributed by atoms with van der Waals surface area (Å²) in [4.78, 5) is 6.24. The lowest BCUT2D eigenvalue weighted by Crippen LogP contribution is -2.58. The summed E-state index contributed by atoms with van der Waals surface area (Å²) in [6, 6.07) is 19.6. The average Bonchev–Trinajstić information content (AvgIpc) is 3.15. The van der Waals surface area contributed by atoms with E-state index in [2.05, 4.69) is 40.2 Å². The Kier molecular flexibility index (Phi) is 4.73. The average molecular weight is 377 g/mol. The van der Waals surface area contributed by atoms with Gasteiger partial charge in [-0.15, -0.1) is 0 Å². The summed E-state index contributed by atoms with van der Waals surface area (Å²) in [5, 5.41) is 1.33. The van der Waals surface area contributed by atoms with E-state index in [0.29, 0.717) is 18.1 Å². The maximum Gasteiger partial charge on any atom is 0.124 e. The quantitative estimate of drug-likeness (QED) is 0.683. The van der Waals surface area contributed by atoms with Crippen LogP contribution in [0.5, 0.6) is 11.5 Å². The van der Waals surface area contributed by atoms with E-state index in [1.165, 1.54) is 42.3 Å². The lowest BCUT2D eigenvalue weighted by molar-refractivity contribution is -0.0203. The summed E-state index contributed by atoms with van der Waals surface area (Å²) in [6.45, 7) is 2.08. The number of nitrogens with zero attached hydrogens (tertiary/aromatic N) is 1. The lowest BCUT2D eigenvalue weighted by Gasteiger charge is -2.46. The van der Waals surface area contributed by atoms with Crippen LogP contribution in [0.2, 0.25) is 0 Å². The molecule has 2 heterocycles. The minimum Gasteiger partial charge on any atom is -0.497 e. The van der Waals surface area contributed by atoms with Crippen molar-refractivity contribution in [2.75, 3.05) is 20.2 Å². The van der Waals surface area contributed by atoms with Crippen LogP contribution in [-0.2, 0) is 0 Å². The molecule has 2 aliphatic rings. The van der Waals surface area contributed by atoms with Gasteiger partial charge in [-0.3, -0.25) is 4.90 Å². The van der Waals surface area contributed by atoms with E-state index in [1.54, 1.807) is 7.11 Å². The van der Waals surface area contributed by atoms with Crippen molar-refractivity contribution in [3.63, 3.8) is 0 Å². The van der Waals surface area contributed by atoms with E-state index in [1.807, 2.05) is 24.3 Å². The Bertz CT molecular complexity index is 903. The number of fused-ring (bicyclic) bond motifs is 1. The van der Waals surface area contributed by atoms with Gasteiger partial charge in [0.1, 0.15) is 17.6 Å². The third kappa shape index (κ3) is 3.49. The molecule has 0 amide bonds. The second kappa shape index (κ2) is 7.51. The Labute approximate surface area is 166 Å². The summed E-state index contributed by atoms with van der Waals surface area (Å²) < 4.78 is 11.4. The van der Waals surface area contributed by atoms with Crippen molar-refractivity contribution in [2.45, 2.75) is 43.7 Å². The Morgan fingerprint density at radius 3 is 2.46 bits per heavy atom. The van der Waals surface area contributed by atoms with Crippen LogP contribution in [0.25, 0.3) is 10.9 Å². The van der Waals surface area contributed by atoms with Crippen molar-refractivity contribution in [1.82, 2.24) is 9.88 Å². The van der Waals surface area contributed by atoms with Crippen LogP contribution >= 0.6 is 0 Å². The fourth-order valence-electron chi connectivity index (χ4n) is 4.78. The zero-order valence-electron chi connectivity index (χ0n) is 16.4. The summed E-state index contributed by atoms with van der Waals surface area (Å²) in [7, 11) is 1.69. The Hall–Kier alpha value is -2.46. The van der Waals surface area contributed by atoms with E-state index in [0.717, 1.165) is 24.6 Å². The fourth-order valence-corrected chi connectivity index (χ4v) is 4.78. The smallest absolute Gasteiger partial charge is 0.124 e. The molecule has 1 aliphatic heterocycles. The maximum absolute atomic E-state index is 6.11. The number of likely N-dealkylation sites (tertiary alicyclic amines) is 1. The number of nitrogens with one attached hydrogen (secondary N) is 1. The van der Waals surface area contributed by atoms with Gasteiger partial charge in [0.25, 0.3) is 0 Å². The van der Waals surface area contributed by atoms with Crippen LogP contribution in [0.1, 0.15) is 37.3 Å². The predicted octanol–water partition coefficient (Wildman–Crippen LogP) is 4.97. The molecule has 2 aromatic carbocycles. The number of rotatable bonds is 5. The molecule has 1 N–H and O–H groups in total. The van der Waals surface area contributed by atoms with Crippen LogP contribution in [0.3, 0.4) is 0 Å². The van der Waals surface area contributed by atoms with Gasteiger partial charge in [0, 0.05) is 36.4 Å². The van der Waals surface area contributed by atoms with Gasteiger partial charge in [-0.2, -0.15) is 0 Å². The van der Waals surface area contributed by atoms with Crippen LogP contribution in [0.4, 0.5) is 0 Å². The third-order valence-electron chi connectivity index (χ3n) is 6.42. The summed E-state index contributed by atoms with van der Waals surface area (Å²) >= 11 is 0. The SMILES string of the molecule is COc1cccc(OC2CN(C3CCC(c4cc5ccccc5[nH]4)CC3)C2)c1. The van der Waals surface area contributed by atoms with Gasteiger partial charge < -0.3 is 14.5 Å². The highest BCUT2D eigenvalue weighted by atomic mass is 16.5. The first-order valence-electron chi connectivity index (χ1n) is 10.4. The molecule has 28 heavy (non-hydrogen) atoms. The van der Waals surface area contributed by atoms with E-state index >= 15 is 0 Å². The zero-order valence-corrected chi connectivity index (χ0v) is 16.4. The molecular formula is C24H28N2O2. The van der Waals surface area contributed by atoms with Crippen molar-refractivity contribution in [2.24, 2.45) is 0 Å². The second-order valence-corrected chi connectivity index (χ2v) is 8.19. The highest BCUT2D eigenvalue weighted by Gasteiger charge is 2.36. The monoisotopic (exact) mass is 376 g/mol. The number of hydrogen-bond acceptors (Lipinski definition) is 3. The number of H-pyrrole nitrogens is 1. The standard InChI is InChI=1S/C24H28N2O2/c1-27-20-6-4-7-21(14-20)28-22-15-26(16-22)19-11-9-17(10-12-19)24-13-18-5-2-3-8-23(18)25-24/h2-8,13-14,17,19,22,25H,9-12,15-16H2,1H3. The van der Waals surface area contributed by atoms with E-state index in [4.69, 9.17) is 9.47 Å². The van der Waals surface area contributed by atoms with Gasteiger partial charge in [0.05, 0.1) is 7.11 Å². The Morgan fingerprint density at radius 2 is 1.68 bits per heavy atom. The number of methoxy groups -OCH3 is 1. The minimum atomic E-state index is 0.304. The molecule has 1 saturated carbocycles. The summed E-state index contributed by atoms with van der Waals surface area (Å²) in [5.41, 5.74) is 2.68. The van der Waals surface area contributed by atoms with Crippen molar-refractivity contribution in [1.29, 1.82) is 0 Å². The fraction of sp³-hybridized carbons (Fsp3) is 0.417. The van der Waals surface area contributed by atoms with Crippen LogP contribution < -0.4 is 9.47 Å². The molecule has 1 saturated heterocycles. The van der Waals surface area contributed by atoms with Crippen LogP contribution in [0.15, 0.2) is 54.6 Å². The Morgan fingerprint density at radius 1 is 0.893 bits per heavy atom. The number of aromatic amines is 1. The molecule has 3 aromatic rings. The van der Waals surface area contributed by atoms with Crippen molar-refractivity contribution < 1.29 is 9.47 Å². The Balaban J connectivity index is 1.12. The minimum absolute atomic E-state index is 0.304. The van der Waals surface area contributed by atoms with Gasteiger partial charge >= 0.3 is 0 Å². The van der Waals surface area contributed by atoms with E-state index < -0.39 is 0 Å². The molecule has 4 heteroatoms. The molecule has 0 atom stereocenters. The normalized spacial score (nSPS) is 23.5. The largest absolute Gasteiger partial charge is 0.497 e.